The first-order valence-corrected chi connectivity index (χ1v) is 6.78. The standard InChI is InChI=1S/C13H17BrN4O/c1-4-10-12(15)13(18(2)17-10)16-11-7-8(19-3)5-6-9(11)14/h5-7,16H,4,15H2,1-3H3. The molecule has 6 heteroatoms. The summed E-state index contributed by atoms with van der Waals surface area (Å²) >= 11 is 3.50. The van der Waals surface area contributed by atoms with Gasteiger partial charge in [0.15, 0.2) is 5.82 Å². The third-order valence-electron chi connectivity index (χ3n) is 2.92. The molecule has 0 amide bonds. The lowest BCUT2D eigenvalue weighted by molar-refractivity contribution is 0.415. The number of methoxy groups -OCH3 is 1. The molecule has 0 aliphatic heterocycles. The van der Waals surface area contributed by atoms with Crippen LogP contribution in [0, 0.1) is 0 Å². The Labute approximate surface area is 120 Å². The summed E-state index contributed by atoms with van der Waals surface area (Å²) in [7, 11) is 3.51. The molecule has 0 radical (unpaired) electrons. The van der Waals surface area contributed by atoms with E-state index < -0.39 is 0 Å². The fourth-order valence-corrected chi connectivity index (χ4v) is 2.21. The van der Waals surface area contributed by atoms with Crippen LogP contribution in [0.15, 0.2) is 22.7 Å². The van der Waals surface area contributed by atoms with Crippen LogP contribution in [-0.4, -0.2) is 16.9 Å². The number of rotatable bonds is 4. The molecule has 19 heavy (non-hydrogen) atoms. The van der Waals surface area contributed by atoms with Crippen molar-refractivity contribution in [3.05, 3.63) is 28.4 Å². The second-order valence-electron chi connectivity index (χ2n) is 4.16. The van der Waals surface area contributed by atoms with Crippen LogP contribution in [0.5, 0.6) is 5.75 Å². The molecule has 102 valence electrons. The Kier molecular flexibility index (Phi) is 3.99. The zero-order valence-electron chi connectivity index (χ0n) is 11.2. The molecule has 0 atom stereocenters. The van der Waals surface area contributed by atoms with Gasteiger partial charge < -0.3 is 15.8 Å². The number of nitrogen functional groups attached to an aromatic ring is 1. The van der Waals surface area contributed by atoms with Crippen molar-refractivity contribution in [2.75, 3.05) is 18.2 Å². The number of nitrogens with one attached hydrogen (secondary N) is 1. The van der Waals surface area contributed by atoms with Crippen LogP contribution in [0.3, 0.4) is 0 Å². The Balaban J connectivity index is 2.38. The van der Waals surface area contributed by atoms with E-state index in [9.17, 15) is 0 Å². The molecule has 0 bridgehead atoms. The van der Waals surface area contributed by atoms with Gasteiger partial charge in [0.25, 0.3) is 0 Å². The van der Waals surface area contributed by atoms with Gasteiger partial charge in [0, 0.05) is 17.6 Å². The number of aryl methyl sites for hydroxylation is 2. The molecule has 0 saturated heterocycles. The number of hydrogen-bond donors (Lipinski definition) is 2. The summed E-state index contributed by atoms with van der Waals surface area (Å²) in [5.74, 6) is 1.56. The normalized spacial score (nSPS) is 10.5. The Morgan fingerprint density at radius 1 is 1.47 bits per heavy atom. The largest absolute Gasteiger partial charge is 0.497 e. The van der Waals surface area contributed by atoms with Gasteiger partial charge in [-0.25, -0.2) is 0 Å². The lowest BCUT2D eigenvalue weighted by Gasteiger charge is -2.11. The highest BCUT2D eigenvalue weighted by molar-refractivity contribution is 9.10. The van der Waals surface area contributed by atoms with Crippen molar-refractivity contribution in [3.8, 4) is 5.75 Å². The number of benzene rings is 1. The van der Waals surface area contributed by atoms with Crippen molar-refractivity contribution in [1.82, 2.24) is 9.78 Å². The molecule has 1 heterocycles. The highest BCUT2D eigenvalue weighted by atomic mass is 79.9. The molecular formula is C13H17BrN4O. The van der Waals surface area contributed by atoms with Gasteiger partial charge in [0.1, 0.15) is 5.75 Å². The molecule has 2 rings (SSSR count). The number of nitrogens with two attached hydrogens (primary N) is 1. The summed E-state index contributed by atoms with van der Waals surface area (Å²) in [6.45, 7) is 2.03. The summed E-state index contributed by atoms with van der Waals surface area (Å²) < 4.78 is 7.91. The molecule has 0 aliphatic rings. The molecule has 0 aliphatic carbocycles. The van der Waals surface area contributed by atoms with Gasteiger partial charge >= 0.3 is 0 Å². The van der Waals surface area contributed by atoms with E-state index in [1.807, 2.05) is 32.2 Å². The first-order valence-electron chi connectivity index (χ1n) is 5.98. The molecule has 1 aromatic heterocycles. The fourth-order valence-electron chi connectivity index (χ4n) is 1.86. The van der Waals surface area contributed by atoms with E-state index in [-0.39, 0.29) is 0 Å². The molecule has 0 saturated carbocycles. The number of aromatic nitrogens is 2. The van der Waals surface area contributed by atoms with E-state index in [1.165, 1.54) is 0 Å². The highest BCUT2D eigenvalue weighted by Crippen LogP contribution is 2.32. The van der Waals surface area contributed by atoms with Gasteiger partial charge in [-0.1, -0.05) is 6.92 Å². The van der Waals surface area contributed by atoms with Crippen molar-refractivity contribution < 1.29 is 4.74 Å². The maximum atomic E-state index is 6.09. The Morgan fingerprint density at radius 3 is 2.79 bits per heavy atom. The minimum atomic E-state index is 0.680. The number of ether oxygens (including phenoxy) is 1. The Morgan fingerprint density at radius 2 is 2.21 bits per heavy atom. The zero-order chi connectivity index (χ0) is 14.0. The summed E-state index contributed by atoms with van der Waals surface area (Å²) in [6.07, 6.45) is 0.806. The van der Waals surface area contributed by atoms with Crippen LogP contribution >= 0.6 is 15.9 Å². The van der Waals surface area contributed by atoms with E-state index in [0.29, 0.717) is 5.69 Å². The maximum absolute atomic E-state index is 6.09. The predicted molar refractivity (Wildman–Crippen MR) is 81.0 cm³/mol. The first-order chi connectivity index (χ1) is 9.06. The molecular weight excluding hydrogens is 308 g/mol. The fraction of sp³-hybridized carbons (Fsp3) is 0.308. The number of hydrogen-bond acceptors (Lipinski definition) is 4. The molecule has 0 fully saturated rings. The summed E-state index contributed by atoms with van der Waals surface area (Å²) in [5.41, 5.74) is 8.55. The second-order valence-corrected chi connectivity index (χ2v) is 5.01. The number of anilines is 3. The van der Waals surface area contributed by atoms with E-state index in [1.54, 1.807) is 11.8 Å². The van der Waals surface area contributed by atoms with Crippen molar-refractivity contribution in [2.24, 2.45) is 7.05 Å². The molecule has 0 spiro atoms. The quantitative estimate of drug-likeness (QED) is 0.907. The van der Waals surface area contributed by atoms with Gasteiger partial charge in [-0.05, 0) is 34.5 Å². The highest BCUT2D eigenvalue weighted by Gasteiger charge is 2.13. The third-order valence-corrected chi connectivity index (χ3v) is 3.61. The predicted octanol–water partition coefficient (Wildman–Crippen LogP) is 3.08. The van der Waals surface area contributed by atoms with Crippen LogP contribution in [0.1, 0.15) is 12.6 Å². The minimum Gasteiger partial charge on any atom is -0.497 e. The lowest BCUT2D eigenvalue weighted by atomic mass is 10.2. The second kappa shape index (κ2) is 5.52. The molecule has 5 nitrogen and oxygen atoms in total. The van der Waals surface area contributed by atoms with E-state index in [4.69, 9.17) is 10.5 Å². The van der Waals surface area contributed by atoms with Crippen molar-refractivity contribution in [1.29, 1.82) is 0 Å². The average molecular weight is 325 g/mol. The number of nitrogens with zero attached hydrogens (tertiary/aromatic N) is 2. The first kappa shape index (κ1) is 13.7. The van der Waals surface area contributed by atoms with Crippen molar-refractivity contribution in [3.63, 3.8) is 0 Å². The molecule has 1 aromatic carbocycles. The van der Waals surface area contributed by atoms with Gasteiger partial charge in [0.05, 0.1) is 24.2 Å². The van der Waals surface area contributed by atoms with Gasteiger partial charge in [-0.3, -0.25) is 4.68 Å². The molecule has 3 N–H and O–H groups in total. The molecule has 2 aromatic rings. The minimum absolute atomic E-state index is 0.680. The van der Waals surface area contributed by atoms with E-state index >= 15 is 0 Å². The average Bonchev–Trinajstić information content (AvgIpc) is 2.68. The van der Waals surface area contributed by atoms with Gasteiger partial charge in [-0.15, -0.1) is 0 Å². The monoisotopic (exact) mass is 324 g/mol. The van der Waals surface area contributed by atoms with Crippen molar-refractivity contribution in [2.45, 2.75) is 13.3 Å². The van der Waals surface area contributed by atoms with E-state index in [0.717, 1.165) is 33.8 Å². The van der Waals surface area contributed by atoms with Crippen LogP contribution in [0.4, 0.5) is 17.2 Å². The summed E-state index contributed by atoms with van der Waals surface area (Å²) in [5, 5.41) is 7.67. The lowest BCUT2D eigenvalue weighted by Crippen LogP contribution is -2.02. The van der Waals surface area contributed by atoms with Crippen LogP contribution in [0.2, 0.25) is 0 Å². The summed E-state index contributed by atoms with van der Waals surface area (Å²) in [4.78, 5) is 0. The Bertz CT molecular complexity index is 595. The smallest absolute Gasteiger partial charge is 0.152 e. The van der Waals surface area contributed by atoms with Crippen LogP contribution in [0.25, 0.3) is 0 Å². The van der Waals surface area contributed by atoms with Crippen LogP contribution in [-0.2, 0) is 13.5 Å². The number of halogens is 1. The van der Waals surface area contributed by atoms with E-state index in [2.05, 4.69) is 26.3 Å². The SMILES string of the molecule is CCc1nn(C)c(Nc2cc(OC)ccc2Br)c1N. The van der Waals surface area contributed by atoms with Crippen molar-refractivity contribution >= 4 is 33.1 Å². The van der Waals surface area contributed by atoms with Gasteiger partial charge in [0.2, 0.25) is 0 Å². The van der Waals surface area contributed by atoms with Gasteiger partial charge in [-0.2, -0.15) is 5.10 Å². The maximum Gasteiger partial charge on any atom is 0.152 e. The topological polar surface area (TPSA) is 65.1 Å². The summed E-state index contributed by atoms with van der Waals surface area (Å²) in [6, 6.07) is 5.72. The molecule has 0 unspecified atom stereocenters. The zero-order valence-corrected chi connectivity index (χ0v) is 12.8. The Hall–Kier alpha value is -1.69. The van der Waals surface area contributed by atoms with Crippen LogP contribution < -0.4 is 15.8 Å². The third kappa shape index (κ3) is 2.68.